The Morgan fingerprint density at radius 2 is 1.76 bits per heavy atom. The molecule has 96 valence electrons. The summed E-state index contributed by atoms with van der Waals surface area (Å²) in [5, 5.41) is 2.75. The maximum Gasteiger partial charge on any atom is 0.255 e. The highest BCUT2D eigenvalue weighted by Gasteiger charge is 2.17. The number of hydrogen-bond donors (Lipinski definition) is 1. The summed E-state index contributed by atoms with van der Waals surface area (Å²) in [6.07, 6.45) is -2.64. The highest BCUT2D eigenvalue weighted by Crippen LogP contribution is 2.24. The van der Waals surface area contributed by atoms with Crippen molar-refractivity contribution >= 4 is 5.69 Å². The minimum atomic E-state index is -2.64. The molecule has 0 unspecified atom stereocenters. The summed E-state index contributed by atoms with van der Waals surface area (Å²) in [4.78, 5) is 0.873. The number of hydrogen-bond acceptors (Lipinski definition) is 2. The maximum atomic E-state index is 13.6. The molecule has 2 nitrogen and oxygen atoms in total. The van der Waals surface area contributed by atoms with Crippen LogP contribution in [0.5, 0.6) is 0 Å². The summed E-state index contributed by atoms with van der Waals surface area (Å²) in [5.74, 6) is -1.67. The van der Waals surface area contributed by atoms with Crippen LogP contribution >= 0.6 is 0 Å². The summed E-state index contributed by atoms with van der Waals surface area (Å²) < 4.78 is 51.4. The Hall–Kier alpha value is -1.30. The van der Waals surface area contributed by atoms with Gasteiger partial charge in [-0.15, -0.1) is 0 Å². The van der Waals surface area contributed by atoms with Gasteiger partial charge in [-0.1, -0.05) is 0 Å². The quantitative estimate of drug-likeness (QED) is 0.807. The lowest BCUT2D eigenvalue weighted by Gasteiger charge is -2.20. The molecule has 1 aromatic carbocycles. The topological polar surface area (TPSA) is 15.3 Å². The molecule has 0 heterocycles. The number of nitrogens with zero attached hydrogens (tertiary/aromatic N) is 1. The van der Waals surface area contributed by atoms with Crippen molar-refractivity contribution in [3.8, 4) is 0 Å². The first kappa shape index (κ1) is 13.8. The number of nitrogens with one attached hydrogen (secondary N) is 1. The molecule has 0 aromatic heterocycles. The average Bonchev–Trinajstić information content (AvgIpc) is 2.15. The third kappa shape index (κ3) is 3.59. The normalized spacial score (nSPS) is 11.0. The Morgan fingerprint density at radius 3 is 2.18 bits per heavy atom. The third-order valence-corrected chi connectivity index (χ3v) is 2.25. The summed E-state index contributed by atoms with van der Waals surface area (Å²) in [7, 11) is 2.87. The van der Waals surface area contributed by atoms with Crippen LogP contribution in [0.4, 0.5) is 23.2 Å². The van der Waals surface area contributed by atoms with Gasteiger partial charge >= 0.3 is 0 Å². The fourth-order valence-electron chi connectivity index (χ4n) is 1.59. The number of halogens is 4. The summed E-state index contributed by atoms with van der Waals surface area (Å²) in [6.45, 7) is -0.397. The van der Waals surface area contributed by atoms with Crippen LogP contribution in [0.2, 0.25) is 0 Å². The minimum absolute atomic E-state index is 0.312. The number of benzene rings is 1. The molecule has 0 fully saturated rings. The fourth-order valence-corrected chi connectivity index (χ4v) is 1.59. The highest BCUT2D eigenvalue weighted by atomic mass is 19.3. The van der Waals surface area contributed by atoms with E-state index in [4.69, 9.17) is 0 Å². The van der Waals surface area contributed by atoms with Crippen LogP contribution in [0.3, 0.4) is 0 Å². The second-order valence-corrected chi connectivity index (χ2v) is 3.71. The molecule has 0 aliphatic rings. The number of anilines is 1. The van der Waals surface area contributed by atoms with E-state index in [0.717, 1.165) is 17.0 Å². The van der Waals surface area contributed by atoms with Crippen LogP contribution in [-0.4, -0.2) is 27.1 Å². The minimum Gasteiger partial charge on any atom is -0.364 e. The Bertz CT molecular complexity index is 359. The molecule has 0 amide bonds. The van der Waals surface area contributed by atoms with Crippen LogP contribution in [0, 0.1) is 11.6 Å². The lowest BCUT2D eigenvalue weighted by molar-refractivity contribution is 0.156. The highest BCUT2D eigenvalue weighted by molar-refractivity contribution is 5.50. The van der Waals surface area contributed by atoms with Gasteiger partial charge in [-0.05, 0) is 24.7 Å². The Kier molecular flexibility index (Phi) is 4.74. The molecule has 0 saturated heterocycles. The molecule has 0 aliphatic heterocycles. The van der Waals surface area contributed by atoms with Crippen LogP contribution in [0.25, 0.3) is 0 Å². The van der Waals surface area contributed by atoms with Crippen LogP contribution in [-0.2, 0) is 6.54 Å². The van der Waals surface area contributed by atoms with E-state index in [-0.39, 0.29) is 0 Å². The van der Waals surface area contributed by atoms with Crippen LogP contribution < -0.4 is 10.2 Å². The monoisotopic (exact) mass is 250 g/mol. The lowest BCUT2D eigenvalue weighted by Crippen LogP contribution is -2.26. The van der Waals surface area contributed by atoms with Crippen molar-refractivity contribution in [1.29, 1.82) is 0 Å². The van der Waals surface area contributed by atoms with Crippen molar-refractivity contribution in [3.63, 3.8) is 0 Å². The van der Waals surface area contributed by atoms with Crippen LogP contribution in [0.1, 0.15) is 5.56 Å². The van der Waals surface area contributed by atoms with E-state index in [2.05, 4.69) is 5.32 Å². The predicted molar refractivity (Wildman–Crippen MR) is 58.4 cm³/mol. The van der Waals surface area contributed by atoms with E-state index < -0.39 is 30.3 Å². The van der Waals surface area contributed by atoms with Crippen molar-refractivity contribution in [1.82, 2.24) is 5.32 Å². The molecular weight excluding hydrogens is 236 g/mol. The van der Waals surface area contributed by atoms with Crippen molar-refractivity contribution in [3.05, 3.63) is 29.3 Å². The van der Waals surface area contributed by atoms with Crippen molar-refractivity contribution in [2.45, 2.75) is 13.0 Å². The molecule has 0 bridgehead atoms. The van der Waals surface area contributed by atoms with Gasteiger partial charge < -0.3 is 10.2 Å². The van der Waals surface area contributed by atoms with Crippen molar-refractivity contribution in [2.24, 2.45) is 0 Å². The largest absolute Gasteiger partial charge is 0.364 e. The standard InChI is InChI=1S/C11H14F4N2/c1-16-5-7-3-8(12)11(9(13)4-7)17(2)6-10(14)15/h3-4,10,16H,5-6H2,1-2H3. The average molecular weight is 250 g/mol. The van der Waals surface area contributed by atoms with Gasteiger partial charge in [0.05, 0.1) is 6.54 Å². The molecule has 6 heteroatoms. The van der Waals surface area contributed by atoms with Crippen molar-refractivity contribution in [2.75, 3.05) is 25.5 Å². The van der Waals surface area contributed by atoms with Crippen molar-refractivity contribution < 1.29 is 17.6 Å². The molecule has 0 aliphatic carbocycles. The van der Waals surface area contributed by atoms with Gasteiger partial charge in [0.15, 0.2) is 0 Å². The van der Waals surface area contributed by atoms with E-state index in [1.165, 1.54) is 7.05 Å². The van der Waals surface area contributed by atoms with E-state index in [0.29, 0.717) is 12.1 Å². The summed E-state index contributed by atoms with van der Waals surface area (Å²) in [5.41, 5.74) is 0.00171. The summed E-state index contributed by atoms with van der Waals surface area (Å²) >= 11 is 0. The molecular formula is C11H14F4N2. The summed E-state index contributed by atoms with van der Waals surface area (Å²) in [6, 6.07) is 2.27. The zero-order valence-electron chi connectivity index (χ0n) is 9.61. The zero-order valence-corrected chi connectivity index (χ0v) is 9.61. The number of alkyl halides is 2. The molecule has 0 spiro atoms. The Balaban J connectivity index is 3.00. The molecule has 1 rings (SSSR count). The molecule has 0 atom stereocenters. The predicted octanol–water partition coefficient (Wildman–Crippen LogP) is 2.39. The van der Waals surface area contributed by atoms with Gasteiger partial charge in [0, 0.05) is 13.6 Å². The van der Waals surface area contributed by atoms with Gasteiger partial charge in [-0.25, -0.2) is 17.6 Å². The van der Waals surface area contributed by atoms with Crippen LogP contribution in [0.15, 0.2) is 12.1 Å². The van der Waals surface area contributed by atoms with E-state index in [1.54, 1.807) is 7.05 Å². The molecule has 1 aromatic rings. The molecule has 0 saturated carbocycles. The molecule has 17 heavy (non-hydrogen) atoms. The third-order valence-electron chi connectivity index (χ3n) is 2.25. The fraction of sp³-hybridized carbons (Fsp3) is 0.455. The van der Waals surface area contributed by atoms with E-state index in [1.807, 2.05) is 0 Å². The van der Waals surface area contributed by atoms with Gasteiger partial charge in [0.25, 0.3) is 6.43 Å². The first-order valence-corrected chi connectivity index (χ1v) is 5.07. The lowest BCUT2D eigenvalue weighted by atomic mass is 10.1. The first-order chi connectivity index (χ1) is 7.95. The van der Waals surface area contributed by atoms with Gasteiger partial charge in [0.2, 0.25) is 0 Å². The molecule has 1 N–H and O–H groups in total. The smallest absolute Gasteiger partial charge is 0.255 e. The first-order valence-electron chi connectivity index (χ1n) is 5.07. The number of rotatable bonds is 5. The van der Waals surface area contributed by atoms with E-state index >= 15 is 0 Å². The zero-order chi connectivity index (χ0) is 13.0. The second-order valence-electron chi connectivity index (χ2n) is 3.71. The Labute approximate surface area is 97.2 Å². The molecule has 0 radical (unpaired) electrons. The second kappa shape index (κ2) is 5.86. The maximum absolute atomic E-state index is 13.6. The SMILES string of the molecule is CNCc1cc(F)c(N(C)CC(F)F)c(F)c1. The van der Waals surface area contributed by atoms with Gasteiger partial charge in [0.1, 0.15) is 17.3 Å². The van der Waals surface area contributed by atoms with E-state index in [9.17, 15) is 17.6 Å². The van der Waals surface area contributed by atoms with Gasteiger partial charge in [-0.2, -0.15) is 0 Å². The Morgan fingerprint density at radius 1 is 1.24 bits per heavy atom. The van der Waals surface area contributed by atoms with Gasteiger partial charge in [-0.3, -0.25) is 0 Å².